The van der Waals surface area contributed by atoms with E-state index >= 15 is 0 Å². The molecule has 14 aromatic rings. The molecule has 2 aromatic heterocycles. The summed E-state index contributed by atoms with van der Waals surface area (Å²) in [4.78, 5) is 2.39. The Bertz CT molecular complexity index is 4260. The summed E-state index contributed by atoms with van der Waals surface area (Å²) in [5, 5.41) is 12.1. The minimum Gasteiger partial charge on any atom is -0.455 e. The molecule has 0 fully saturated rings. The molecule has 0 aliphatic heterocycles. The third-order valence-electron chi connectivity index (χ3n) is 14.2. The summed E-state index contributed by atoms with van der Waals surface area (Å²) in [6.45, 7) is 0. The normalized spacial score (nSPS) is 11.8. The lowest BCUT2D eigenvalue weighted by Crippen LogP contribution is -2.11. The van der Waals surface area contributed by atoms with Crippen LogP contribution in [0.3, 0.4) is 0 Å². The van der Waals surface area contributed by atoms with Crippen molar-refractivity contribution in [1.82, 2.24) is 4.57 Å². The maximum atomic E-state index is 6.95. The van der Waals surface area contributed by atoms with Crippen molar-refractivity contribution in [2.24, 2.45) is 0 Å². The monoisotopic (exact) mass is 878 g/mol. The van der Waals surface area contributed by atoms with Gasteiger partial charge in [-0.1, -0.05) is 194 Å². The topological polar surface area (TPSA) is 21.3 Å². The van der Waals surface area contributed by atoms with Gasteiger partial charge in [0, 0.05) is 55.1 Å². The number of para-hydroxylation sites is 4. The summed E-state index contributed by atoms with van der Waals surface area (Å²) in [6.07, 6.45) is 0. The Morgan fingerprint density at radius 1 is 0.290 bits per heavy atom. The molecule has 0 unspecified atom stereocenters. The Morgan fingerprint density at radius 3 is 1.55 bits per heavy atom. The highest BCUT2D eigenvalue weighted by Crippen LogP contribution is 2.46. The van der Waals surface area contributed by atoms with Crippen LogP contribution in [0.4, 0.5) is 17.1 Å². The molecule has 3 heteroatoms. The molecule has 0 N–H and O–H groups in total. The zero-order valence-electron chi connectivity index (χ0n) is 37.6. The van der Waals surface area contributed by atoms with Crippen LogP contribution in [0, 0.1) is 0 Å². The van der Waals surface area contributed by atoms with Gasteiger partial charge in [0.15, 0.2) is 0 Å². The molecule has 0 saturated carbocycles. The van der Waals surface area contributed by atoms with Gasteiger partial charge in [0.2, 0.25) is 0 Å². The fraction of sp³-hybridized carbons (Fsp3) is 0. The van der Waals surface area contributed by atoms with Crippen molar-refractivity contribution in [3.63, 3.8) is 0 Å². The number of hydrogen-bond donors (Lipinski definition) is 0. The minimum atomic E-state index is 0.883. The standard InChI is InChI=1S/C66H42N2O/c1-3-18-51-44(14-1)34-40-55-52(23-12-24-54(51)55)46-32-38-49(39-33-46)67(62-27-8-7-22-58(62)59-25-13-26-60-61-41-35-45-15-2-4-19-53(45)65(61)69-66(59)60)48-36-30-43(31-37-48)47-16-11-17-50(42-47)68-63-28-9-5-20-56(63)57-21-6-10-29-64(57)68/h1-42H. The van der Waals surface area contributed by atoms with Gasteiger partial charge in [0.05, 0.1) is 16.7 Å². The number of anilines is 3. The number of rotatable bonds is 7. The van der Waals surface area contributed by atoms with Crippen LogP contribution in [-0.4, -0.2) is 4.57 Å². The number of hydrogen-bond acceptors (Lipinski definition) is 2. The SMILES string of the molecule is c1cc(-c2ccc(N(c3ccc(-c4cccc5c4ccc4ccccc45)cc3)c3ccccc3-c3cccc4c3oc3c5ccccc5ccc43)cc2)cc(-n2c3ccccc3c3ccccc32)c1. The molecular weight excluding hydrogens is 837 g/mol. The third kappa shape index (κ3) is 6.29. The van der Waals surface area contributed by atoms with E-state index in [1.165, 1.54) is 59.9 Å². The molecule has 69 heavy (non-hydrogen) atoms. The number of nitrogens with zero attached hydrogens (tertiary/aromatic N) is 2. The van der Waals surface area contributed by atoms with Crippen LogP contribution in [0.15, 0.2) is 259 Å². The Hall–Kier alpha value is -9.18. The van der Waals surface area contributed by atoms with Crippen molar-refractivity contribution < 1.29 is 4.42 Å². The fourth-order valence-electron chi connectivity index (χ4n) is 11.0. The molecule has 0 saturated heterocycles. The van der Waals surface area contributed by atoms with Gasteiger partial charge in [-0.2, -0.15) is 0 Å². The van der Waals surface area contributed by atoms with Crippen LogP contribution in [0.2, 0.25) is 0 Å². The first-order valence-corrected chi connectivity index (χ1v) is 23.7. The molecule has 0 aliphatic carbocycles. The summed E-state index contributed by atoms with van der Waals surface area (Å²) < 4.78 is 9.34. The van der Waals surface area contributed by atoms with E-state index < -0.39 is 0 Å². The van der Waals surface area contributed by atoms with Crippen molar-refractivity contribution in [3.05, 3.63) is 255 Å². The molecule has 3 nitrogen and oxygen atoms in total. The van der Waals surface area contributed by atoms with Gasteiger partial charge in [-0.25, -0.2) is 0 Å². The van der Waals surface area contributed by atoms with Crippen molar-refractivity contribution in [3.8, 4) is 39.1 Å². The van der Waals surface area contributed by atoms with E-state index in [9.17, 15) is 0 Å². The second-order valence-corrected chi connectivity index (χ2v) is 18.0. The summed E-state index contributed by atoms with van der Waals surface area (Å²) in [5.74, 6) is 0. The maximum Gasteiger partial charge on any atom is 0.143 e. The Labute approximate surface area is 399 Å². The number of aromatic nitrogens is 1. The predicted molar refractivity (Wildman–Crippen MR) is 292 cm³/mol. The molecule has 322 valence electrons. The number of furan rings is 1. The van der Waals surface area contributed by atoms with Crippen LogP contribution in [-0.2, 0) is 0 Å². The average Bonchev–Trinajstić information content (AvgIpc) is 3.98. The molecule has 0 atom stereocenters. The highest BCUT2D eigenvalue weighted by molar-refractivity contribution is 6.18. The summed E-state index contributed by atoms with van der Waals surface area (Å²) in [6, 6.07) is 92.4. The van der Waals surface area contributed by atoms with Gasteiger partial charge >= 0.3 is 0 Å². The molecular formula is C66H42N2O. The van der Waals surface area contributed by atoms with E-state index in [-0.39, 0.29) is 0 Å². The predicted octanol–water partition coefficient (Wildman–Crippen LogP) is 18.6. The molecule has 0 aliphatic rings. The maximum absolute atomic E-state index is 6.95. The molecule has 2 heterocycles. The highest BCUT2D eigenvalue weighted by atomic mass is 16.3. The average molecular weight is 879 g/mol. The number of fused-ring (bicyclic) bond motifs is 11. The van der Waals surface area contributed by atoms with Crippen molar-refractivity contribution >= 4 is 93.1 Å². The molecule has 0 amide bonds. The van der Waals surface area contributed by atoms with Crippen LogP contribution in [0.1, 0.15) is 0 Å². The van der Waals surface area contributed by atoms with Gasteiger partial charge in [0.1, 0.15) is 11.2 Å². The van der Waals surface area contributed by atoms with E-state index in [4.69, 9.17) is 4.42 Å². The zero-order chi connectivity index (χ0) is 45.4. The van der Waals surface area contributed by atoms with Crippen molar-refractivity contribution in [1.29, 1.82) is 0 Å². The zero-order valence-corrected chi connectivity index (χ0v) is 37.6. The van der Waals surface area contributed by atoms with Crippen LogP contribution in [0.5, 0.6) is 0 Å². The van der Waals surface area contributed by atoms with E-state index in [0.717, 1.165) is 72.3 Å². The van der Waals surface area contributed by atoms with Gasteiger partial charge in [-0.3, -0.25) is 0 Å². The van der Waals surface area contributed by atoms with E-state index in [0.29, 0.717) is 0 Å². The first-order valence-electron chi connectivity index (χ1n) is 23.7. The fourth-order valence-corrected chi connectivity index (χ4v) is 11.0. The van der Waals surface area contributed by atoms with Gasteiger partial charge in [0.25, 0.3) is 0 Å². The number of benzene rings is 12. The second-order valence-electron chi connectivity index (χ2n) is 18.0. The summed E-state index contributed by atoms with van der Waals surface area (Å²) >= 11 is 0. The molecule has 0 radical (unpaired) electrons. The molecule has 0 bridgehead atoms. The highest BCUT2D eigenvalue weighted by Gasteiger charge is 2.22. The third-order valence-corrected chi connectivity index (χ3v) is 14.2. The smallest absolute Gasteiger partial charge is 0.143 e. The lowest BCUT2D eigenvalue weighted by atomic mass is 9.94. The van der Waals surface area contributed by atoms with E-state index in [1.54, 1.807) is 0 Å². The van der Waals surface area contributed by atoms with Gasteiger partial charge in [-0.05, 0) is 110 Å². The molecule has 14 rings (SSSR count). The first kappa shape index (κ1) is 39.0. The van der Waals surface area contributed by atoms with Crippen LogP contribution in [0.25, 0.3) is 115 Å². The summed E-state index contributed by atoms with van der Waals surface area (Å²) in [5.41, 5.74) is 15.3. The largest absolute Gasteiger partial charge is 0.455 e. The van der Waals surface area contributed by atoms with Gasteiger partial charge in [-0.15, -0.1) is 0 Å². The summed E-state index contributed by atoms with van der Waals surface area (Å²) in [7, 11) is 0. The van der Waals surface area contributed by atoms with E-state index in [1.807, 2.05) is 0 Å². The lowest BCUT2D eigenvalue weighted by molar-refractivity contribution is 0.674. The van der Waals surface area contributed by atoms with Gasteiger partial charge < -0.3 is 13.9 Å². The van der Waals surface area contributed by atoms with Crippen LogP contribution < -0.4 is 4.90 Å². The lowest BCUT2D eigenvalue weighted by Gasteiger charge is -2.28. The van der Waals surface area contributed by atoms with E-state index in [2.05, 4.69) is 264 Å². The Kier molecular flexibility index (Phi) is 8.90. The first-order chi connectivity index (χ1) is 34.2. The Morgan fingerprint density at radius 2 is 0.812 bits per heavy atom. The second kappa shape index (κ2) is 15.7. The molecule has 12 aromatic carbocycles. The minimum absolute atomic E-state index is 0.883. The van der Waals surface area contributed by atoms with Crippen LogP contribution >= 0.6 is 0 Å². The quantitative estimate of drug-likeness (QED) is 0.149. The van der Waals surface area contributed by atoms with Crippen molar-refractivity contribution in [2.45, 2.75) is 0 Å². The van der Waals surface area contributed by atoms with Crippen molar-refractivity contribution in [2.75, 3.05) is 4.90 Å². The molecule has 0 spiro atoms. The Balaban J connectivity index is 0.911.